The molecule has 172 valence electrons. The summed E-state index contributed by atoms with van der Waals surface area (Å²) < 4.78 is 41.5. The second-order valence-corrected chi connectivity index (χ2v) is 9.81. The van der Waals surface area contributed by atoms with E-state index in [0.29, 0.717) is 36.3 Å². The molecule has 0 saturated carbocycles. The quantitative estimate of drug-likeness (QED) is 0.537. The molecule has 6 nitrogen and oxygen atoms in total. The van der Waals surface area contributed by atoms with Crippen molar-refractivity contribution in [3.63, 3.8) is 0 Å². The second-order valence-electron chi connectivity index (χ2n) is 8.13. The van der Waals surface area contributed by atoms with Crippen LogP contribution in [0.4, 0.5) is 15.8 Å². The summed E-state index contributed by atoms with van der Waals surface area (Å²) in [6.07, 6.45) is 1.38. The third kappa shape index (κ3) is 5.97. The maximum atomic E-state index is 13.9. The molecule has 0 aliphatic carbocycles. The lowest BCUT2D eigenvalue weighted by Crippen LogP contribution is -2.37. The standard InChI is InChI=1S/C25H26FN3O3S/c26-24-9-5-4-6-20(24)18-29-16-14-19(15-17-29)25(30)27-21-10-12-23(13-11-21)33(31,32)28-22-7-2-1-3-8-22/h1-13,19,28H,14-18H2,(H,27,30). The minimum Gasteiger partial charge on any atom is -0.326 e. The lowest BCUT2D eigenvalue weighted by atomic mass is 9.95. The van der Waals surface area contributed by atoms with Crippen molar-refractivity contribution >= 4 is 27.3 Å². The molecule has 3 aromatic carbocycles. The van der Waals surface area contributed by atoms with E-state index in [1.54, 1.807) is 48.5 Å². The van der Waals surface area contributed by atoms with Crippen LogP contribution in [-0.2, 0) is 21.4 Å². The van der Waals surface area contributed by atoms with Gasteiger partial charge in [0.15, 0.2) is 0 Å². The van der Waals surface area contributed by atoms with E-state index in [9.17, 15) is 17.6 Å². The minimum absolute atomic E-state index is 0.0847. The number of piperidine rings is 1. The van der Waals surface area contributed by atoms with E-state index >= 15 is 0 Å². The molecule has 1 fully saturated rings. The molecule has 0 aromatic heterocycles. The summed E-state index contributed by atoms with van der Waals surface area (Å²) in [5, 5.41) is 2.88. The van der Waals surface area contributed by atoms with Crippen LogP contribution in [0.25, 0.3) is 0 Å². The summed E-state index contributed by atoms with van der Waals surface area (Å²) in [5.74, 6) is -0.426. The van der Waals surface area contributed by atoms with Crippen molar-refractivity contribution in [3.05, 3.63) is 90.2 Å². The number of hydrogen-bond acceptors (Lipinski definition) is 4. The highest BCUT2D eigenvalue weighted by molar-refractivity contribution is 7.92. The SMILES string of the molecule is O=C(Nc1ccc(S(=O)(=O)Nc2ccccc2)cc1)C1CCN(Cc2ccccc2F)CC1. The third-order valence-electron chi connectivity index (χ3n) is 5.77. The van der Waals surface area contributed by atoms with Gasteiger partial charge in [0.05, 0.1) is 4.90 Å². The number of likely N-dealkylation sites (tertiary alicyclic amines) is 1. The Morgan fingerprint density at radius 1 is 0.879 bits per heavy atom. The number of rotatable bonds is 7. The average Bonchev–Trinajstić information content (AvgIpc) is 2.82. The Bertz CT molecular complexity index is 1190. The number of para-hydroxylation sites is 1. The van der Waals surface area contributed by atoms with E-state index in [4.69, 9.17) is 0 Å². The predicted octanol–water partition coefficient (Wildman–Crippen LogP) is 4.48. The normalized spacial score (nSPS) is 15.2. The van der Waals surface area contributed by atoms with Crippen molar-refractivity contribution in [2.75, 3.05) is 23.1 Å². The number of hydrogen-bond donors (Lipinski definition) is 2. The van der Waals surface area contributed by atoms with Crippen LogP contribution in [0, 0.1) is 11.7 Å². The number of anilines is 2. The van der Waals surface area contributed by atoms with Crippen molar-refractivity contribution in [2.45, 2.75) is 24.3 Å². The van der Waals surface area contributed by atoms with Gasteiger partial charge < -0.3 is 5.32 Å². The summed E-state index contributed by atoms with van der Waals surface area (Å²) in [4.78, 5) is 15.0. The molecule has 0 atom stereocenters. The number of sulfonamides is 1. The Morgan fingerprint density at radius 2 is 1.52 bits per heavy atom. The molecular weight excluding hydrogens is 441 g/mol. The summed E-state index contributed by atoms with van der Waals surface area (Å²) in [6.45, 7) is 1.97. The molecule has 33 heavy (non-hydrogen) atoms. The molecule has 3 aromatic rings. The first-order valence-electron chi connectivity index (χ1n) is 10.9. The molecule has 1 saturated heterocycles. The van der Waals surface area contributed by atoms with Gasteiger partial charge in [-0.05, 0) is 68.4 Å². The van der Waals surface area contributed by atoms with Crippen LogP contribution in [0.3, 0.4) is 0 Å². The van der Waals surface area contributed by atoms with Crippen molar-refractivity contribution in [2.24, 2.45) is 5.92 Å². The minimum atomic E-state index is -3.71. The fourth-order valence-electron chi connectivity index (χ4n) is 3.90. The van der Waals surface area contributed by atoms with Gasteiger partial charge in [-0.15, -0.1) is 0 Å². The number of amides is 1. The van der Waals surface area contributed by atoms with Gasteiger partial charge in [-0.3, -0.25) is 14.4 Å². The smallest absolute Gasteiger partial charge is 0.261 e. The maximum Gasteiger partial charge on any atom is 0.261 e. The molecule has 0 spiro atoms. The topological polar surface area (TPSA) is 78.5 Å². The van der Waals surface area contributed by atoms with Crippen LogP contribution in [0.1, 0.15) is 18.4 Å². The van der Waals surface area contributed by atoms with Crippen LogP contribution in [0.5, 0.6) is 0 Å². The van der Waals surface area contributed by atoms with Gasteiger partial charge in [-0.2, -0.15) is 0 Å². The van der Waals surface area contributed by atoms with E-state index in [-0.39, 0.29) is 22.5 Å². The van der Waals surface area contributed by atoms with Crippen LogP contribution in [0.2, 0.25) is 0 Å². The van der Waals surface area contributed by atoms with E-state index in [1.165, 1.54) is 18.2 Å². The Balaban J connectivity index is 1.30. The summed E-state index contributed by atoms with van der Waals surface area (Å²) in [6, 6.07) is 21.5. The first-order valence-corrected chi connectivity index (χ1v) is 12.3. The van der Waals surface area contributed by atoms with E-state index in [0.717, 1.165) is 13.1 Å². The predicted molar refractivity (Wildman–Crippen MR) is 127 cm³/mol. The highest BCUT2D eigenvalue weighted by Crippen LogP contribution is 2.23. The molecule has 1 amide bonds. The Hall–Kier alpha value is -3.23. The lowest BCUT2D eigenvalue weighted by molar-refractivity contribution is -0.121. The molecule has 1 aliphatic heterocycles. The van der Waals surface area contributed by atoms with Gasteiger partial charge in [-0.1, -0.05) is 36.4 Å². The highest BCUT2D eigenvalue weighted by atomic mass is 32.2. The number of carbonyl (C=O) groups is 1. The summed E-state index contributed by atoms with van der Waals surface area (Å²) >= 11 is 0. The number of carbonyl (C=O) groups excluding carboxylic acids is 1. The molecular formula is C25H26FN3O3S. The van der Waals surface area contributed by atoms with Crippen molar-refractivity contribution < 1.29 is 17.6 Å². The van der Waals surface area contributed by atoms with E-state index in [2.05, 4.69) is 14.9 Å². The Kier molecular flexibility index (Phi) is 7.05. The van der Waals surface area contributed by atoms with Crippen LogP contribution in [0.15, 0.2) is 83.8 Å². The maximum absolute atomic E-state index is 13.9. The molecule has 0 radical (unpaired) electrons. The fraction of sp³-hybridized carbons (Fsp3) is 0.240. The summed E-state index contributed by atoms with van der Waals surface area (Å²) in [5.41, 5.74) is 1.70. The van der Waals surface area contributed by atoms with Gasteiger partial charge in [-0.25, -0.2) is 12.8 Å². The molecule has 2 N–H and O–H groups in total. The highest BCUT2D eigenvalue weighted by Gasteiger charge is 2.25. The molecule has 0 unspecified atom stereocenters. The molecule has 1 heterocycles. The zero-order valence-electron chi connectivity index (χ0n) is 18.1. The number of nitrogens with zero attached hydrogens (tertiary/aromatic N) is 1. The number of halogens is 1. The van der Waals surface area contributed by atoms with Crippen molar-refractivity contribution in [1.82, 2.24) is 4.90 Å². The molecule has 1 aliphatic rings. The van der Waals surface area contributed by atoms with Crippen LogP contribution in [-0.4, -0.2) is 32.3 Å². The van der Waals surface area contributed by atoms with Crippen LogP contribution >= 0.6 is 0 Å². The Labute approximate surface area is 193 Å². The summed E-state index contributed by atoms with van der Waals surface area (Å²) in [7, 11) is -3.71. The van der Waals surface area contributed by atoms with Crippen molar-refractivity contribution in [1.29, 1.82) is 0 Å². The largest absolute Gasteiger partial charge is 0.326 e. The second kappa shape index (κ2) is 10.1. The van der Waals surface area contributed by atoms with Gasteiger partial charge in [0, 0.05) is 29.4 Å². The zero-order valence-corrected chi connectivity index (χ0v) is 18.9. The molecule has 8 heteroatoms. The lowest BCUT2D eigenvalue weighted by Gasteiger charge is -2.31. The number of benzene rings is 3. The van der Waals surface area contributed by atoms with Gasteiger partial charge in [0.2, 0.25) is 5.91 Å². The monoisotopic (exact) mass is 467 g/mol. The first-order chi connectivity index (χ1) is 15.9. The van der Waals surface area contributed by atoms with E-state index < -0.39 is 10.0 Å². The average molecular weight is 468 g/mol. The van der Waals surface area contributed by atoms with E-state index in [1.807, 2.05) is 12.1 Å². The molecule has 0 bridgehead atoms. The Morgan fingerprint density at radius 3 is 2.18 bits per heavy atom. The first kappa shape index (κ1) is 22.9. The van der Waals surface area contributed by atoms with Gasteiger partial charge in [0.25, 0.3) is 10.0 Å². The van der Waals surface area contributed by atoms with Gasteiger partial charge in [0.1, 0.15) is 5.82 Å². The third-order valence-corrected chi connectivity index (χ3v) is 7.17. The van der Waals surface area contributed by atoms with Gasteiger partial charge >= 0.3 is 0 Å². The van der Waals surface area contributed by atoms with Crippen molar-refractivity contribution in [3.8, 4) is 0 Å². The molecule has 4 rings (SSSR count). The number of nitrogens with one attached hydrogen (secondary N) is 2. The van der Waals surface area contributed by atoms with Crippen LogP contribution < -0.4 is 10.0 Å². The zero-order chi connectivity index (χ0) is 23.3. The fourth-order valence-corrected chi connectivity index (χ4v) is 4.96.